The van der Waals surface area contributed by atoms with Crippen LogP contribution in [0.15, 0.2) is 24.3 Å². The lowest BCUT2D eigenvalue weighted by atomic mass is 10.1. The predicted molar refractivity (Wildman–Crippen MR) is 48.4 cm³/mol. The molecule has 0 spiro atoms. The molecule has 0 heterocycles. The van der Waals surface area contributed by atoms with Crippen LogP contribution in [0.25, 0.3) is 0 Å². The van der Waals surface area contributed by atoms with Crippen LogP contribution in [0, 0.1) is 10.1 Å². The van der Waals surface area contributed by atoms with Crippen molar-refractivity contribution in [2.24, 2.45) is 0 Å². The van der Waals surface area contributed by atoms with E-state index in [0.717, 1.165) is 0 Å². The van der Waals surface area contributed by atoms with Crippen LogP contribution in [0.3, 0.4) is 0 Å². The molecule has 14 heavy (non-hydrogen) atoms. The number of rotatable bonds is 4. The minimum absolute atomic E-state index is 0.146. The SMILES string of the molecule is O=C(O)Cc1cccc(N[N+](=O)[O-])c1. The lowest BCUT2D eigenvalue weighted by molar-refractivity contribution is -0.445. The summed E-state index contributed by atoms with van der Waals surface area (Å²) >= 11 is 0. The van der Waals surface area contributed by atoms with E-state index in [1.807, 2.05) is 5.43 Å². The van der Waals surface area contributed by atoms with Gasteiger partial charge in [0, 0.05) is 0 Å². The second kappa shape index (κ2) is 4.22. The highest BCUT2D eigenvalue weighted by molar-refractivity contribution is 5.70. The van der Waals surface area contributed by atoms with Crippen LogP contribution in [0.2, 0.25) is 0 Å². The third-order valence-electron chi connectivity index (χ3n) is 1.50. The summed E-state index contributed by atoms with van der Waals surface area (Å²) in [6, 6.07) is 6.08. The van der Waals surface area contributed by atoms with Crippen LogP contribution in [0.4, 0.5) is 5.69 Å². The minimum atomic E-state index is -0.969. The van der Waals surface area contributed by atoms with Gasteiger partial charge in [-0.1, -0.05) is 12.1 Å². The Labute approximate surface area is 79.3 Å². The quantitative estimate of drug-likeness (QED) is 0.551. The van der Waals surface area contributed by atoms with Gasteiger partial charge in [0.2, 0.25) is 0 Å². The van der Waals surface area contributed by atoms with E-state index in [9.17, 15) is 14.9 Å². The first kappa shape index (κ1) is 9.97. The summed E-state index contributed by atoms with van der Waals surface area (Å²) in [6.45, 7) is 0. The van der Waals surface area contributed by atoms with E-state index in [2.05, 4.69) is 0 Å². The molecule has 74 valence electrons. The molecule has 0 saturated heterocycles. The number of benzene rings is 1. The number of nitrogens with one attached hydrogen (secondary N) is 1. The highest BCUT2D eigenvalue weighted by Gasteiger charge is 2.03. The van der Waals surface area contributed by atoms with Crippen LogP contribution in [0.1, 0.15) is 5.56 Å². The summed E-state index contributed by atoms with van der Waals surface area (Å²) in [7, 11) is 0. The first-order chi connectivity index (χ1) is 6.58. The molecule has 1 aromatic carbocycles. The average molecular weight is 196 g/mol. The van der Waals surface area contributed by atoms with E-state index >= 15 is 0 Å². The van der Waals surface area contributed by atoms with Crippen LogP contribution in [0.5, 0.6) is 0 Å². The molecule has 0 aliphatic heterocycles. The maximum Gasteiger partial charge on any atom is 0.307 e. The lowest BCUT2D eigenvalue weighted by Gasteiger charge is -1.99. The molecule has 0 unspecified atom stereocenters. The van der Waals surface area contributed by atoms with E-state index < -0.39 is 11.0 Å². The first-order valence-corrected chi connectivity index (χ1v) is 3.79. The normalized spacial score (nSPS) is 9.43. The van der Waals surface area contributed by atoms with Gasteiger partial charge in [0.1, 0.15) is 5.69 Å². The molecule has 0 fully saturated rings. The van der Waals surface area contributed by atoms with Crippen molar-refractivity contribution in [3.63, 3.8) is 0 Å². The molecule has 1 rings (SSSR count). The van der Waals surface area contributed by atoms with Crippen molar-refractivity contribution in [2.45, 2.75) is 6.42 Å². The summed E-state index contributed by atoms with van der Waals surface area (Å²) in [5.41, 5.74) is 2.74. The molecular formula is C8H8N2O4. The number of carboxylic acids is 1. The second-order valence-corrected chi connectivity index (χ2v) is 2.64. The largest absolute Gasteiger partial charge is 0.481 e. The fraction of sp³-hybridized carbons (Fsp3) is 0.125. The van der Waals surface area contributed by atoms with Crippen LogP contribution in [-0.4, -0.2) is 16.1 Å². The molecule has 1 aromatic rings. The summed E-state index contributed by atoms with van der Waals surface area (Å²) in [5.74, 6) is -0.969. The Balaban J connectivity index is 2.78. The van der Waals surface area contributed by atoms with Gasteiger partial charge in [-0.25, -0.2) is 10.1 Å². The standard InChI is InChI=1S/C8H8N2O4/c11-8(12)5-6-2-1-3-7(4-6)9-10(13)14/h1-4,9H,5H2,(H,11,12). The topological polar surface area (TPSA) is 92.5 Å². The molecule has 0 amide bonds. The van der Waals surface area contributed by atoms with Crippen molar-refractivity contribution in [2.75, 3.05) is 5.43 Å². The monoisotopic (exact) mass is 196 g/mol. The van der Waals surface area contributed by atoms with Crippen molar-refractivity contribution < 1.29 is 14.9 Å². The Morgan fingerprint density at radius 2 is 2.29 bits per heavy atom. The zero-order chi connectivity index (χ0) is 10.6. The molecule has 0 atom stereocenters. The minimum Gasteiger partial charge on any atom is -0.481 e. The summed E-state index contributed by atoms with van der Waals surface area (Å²) < 4.78 is 0. The van der Waals surface area contributed by atoms with E-state index in [1.54, 1.807) is 12.1 Å². The van der Waals surface area contributed by atoms with Gasteiger partial charge in [-0.2, -0.15) is 0 Å². The van der Waals surface area contributed by atoms with Gasteiger partial charge in [0.05, 0.1) is 6.42 Å². The number of nitro groups is 1. The van der Waals surface area contributed by atoms with E-state index in [4.69, 9.17) is 5.11 Å². The van der Waals surface area contributed by atoms with Crippen LogP contribution < -0.4 is 5.43 Å². The van der Waals surface area contributed by atoms with Crippen LogP contribution >= 0.6 is 0 Å². The number of hydrogen-bond acceptors (Lipinski definition) is 3. The fourth-order valence-electron chi connectivity index (χ4n) is 1.03. The molecule has 0 saturated carbocycles. The molecule has 2 N–H and O–H groups in total. The Morgan fingerprint density at radius 1 is 1.57 bits per heavy atom. The first-order valence-electron chi connectivity index (χ1n) is 3.79. The number of hydrogen-bond donors (Lipinski definition) is 2. The Hall–Kier alpha value is -2.11. The maximum absolute atomic E-state index is 10.3. The number of aliphatic carboxylic acids is 1. The summed E-state index contributed by atoms with van der Waals surface area (Å²) in [6.07, 6.45) is -0.146. The number of carbonyl (C=O) groups is 1. The lowest BCUT2D eigenvalue weighted by Crippen LogP contribution is -2.08. The Bertz CT molecular complexity index is 333. The van der Waals surface area contributed by atoms with E-state index in [-0.39, 0.29) is 12.1 Å². The molecule has 6 nitrogen and oxygen atoms in total. The molecule has 0 aromatic heterocycles. The molecule has 0 radical (unpaired) electrons. The average Bonchev–Trinajstić information content (AvgIpc) is 2.01. The van der Waals surface area contributed by atoms with Gasteiger partial charge in [0.25, 0.3) is 0 Å². The summed E-state index contributed by atoms with van der Waals surface area (Å²) in [4.78, 5) is 20.4. The highest BCUT2D eigenvalue weighted by Crippen LogP contribution is 2.10. The van der Waals surface area contributed by atoms with Crippen molar-refractivity contribution in [3.8, 4) is 0 Å². The number of nitrogens with zero attached hydrogens (tertiary/aromatic N) is 1. The summed E-state index contributed by atoms with van der Waals surface area (Å²) in [5, 5.41) is 17.9. The van der Waals surface area contributed by atoms with Gasteiger partial charge >= 0.3 is 5.97 Å². The third-order valence-corrected chi connectivity index (χ3v) is 1.50. The molecule has 0 bridgehead atoms. The van der Waals surface area contributed by atoms with Crippen molar-refractivity contribution in [1.29, 1.82) is 0 Å². The third kappa shape index (κ3) is 3.10. The smallest absolute Gasteiger partial charge is 0.307 e. The fourth-order valence-corrected chi connectivity index (χ4v) is 1.03. The molecular weight excluding hydrogens is 188 g/mol. The highest BCUT2D eigenvalue weighted by atomic mass is 16.7. The number of hydrazine groups is 1. The number of carboxylic acid groups (broad SMARTS) is 1. The van der Waals surface area contributed by atoms with E-state index in [0.29, 0.717) is 5.56 Å². The van der Waals surface area contributed by atoms with E-state index in [1.165, 1.54) is 12.1 Å². The van der Waals surface area contributed by atoms with Gasteiger partial charge in [-0.15, -0.1) is 5.43 Å². The van der Waals surface area contributed by atoms with Crippen molar-refractivity contribution in [1.82, 2.24) is 0 Å². The van der Waals surface area contributed by atoms with Gasteiger partial charge in [-0.3, -0.25) is 4.79 Å². The Morgan fingerprint density at radius 3 is 2.86 bits per heavy atom. The number of anilines is 1. The Kier molecular flexibility index (Phi) is 3.01. The predicted octanol–water partition coefficient (Wildman–Crippen LogP) is 0.917. The van der Waals surface area contributed by atoms with Crippen molar-refractivity contribution >= 4 is 11.7 Å². The van der Waals surface area contributed by atoms with Gasteiger partial charge in [-0.05, 0) is 17.7 Å². The van der Waals surface area contributed by atoms with Gasteiger partial charge < -0.3 is 5.11 Å². The van der Waals surface area contributed by atoms with Crippen LogP contribution in [-0.2, 0) is 11.2 Å². The van der Waals surface area contributed by atoms with Gasteiger partial charge in [0.15, 0.2) is 5.03 Å². The van der Waals surface area contributed by atoms with Crippen molar-refractivity contribution in [3.05, 3.63) is 39.9 Å². The second-order valence-electron chi connectivity index (χ2n) is 2.64. The zero-order valence-electron chi connectivity index (χ0n) is 7.14. The molecule has 0 aliphatic carbocycles. The molecule has 0 aliphatic rings. The maximum atomic E-state index is 10.3. The zero-order valence-corrected chi connectivity index (χ0v) is 7.14. The molecule has 6 heteroatoms.